The van der Waals surface area contributed by atoms with E-state index in [1.165, 1.54) is 18.2 Å². The van der Waals surface area contributed by atoms with E-state index in [9.17, 15) is 23.7 Å². The second-order valence-electron chi connectivity index (χ2n) is 4.02. The molecule has 0 aliphatic rings. The van der Waals surface area contributed by atoms with Crippen molar-refractivity contribution in [2.75, 3.05) is 5.32 Å². The number of nitro benzene ring substituents is 1. The number of para-hydroxylation sites is 1. The lowest BCUT2D eigenvalue weighted by atomic mass is 10.1. The molecular formula is C13H8F2N2O4. The van der Waals surface area contributed by atoms with Crippen LogP contribution in [0.4, 0.5) is 25.8 Å². The lowest BCUT2D eigenvalue weighted by Gasteiger charge is -2.09. The molecule has 2 rings (SSSR count). The molecular weight excluding hydrogens is 286 g/mol. The maximum absolute atomic E-state index is 13.5. The molecule has 0 saturated carbocycles. The van der Waals surface area contributed by atoms with Crippen molar-refractivity contribution in [2.45, 2.75) is 0 Å². The number of rotatable bonds is 4. The van der Waals surface area contributed by atoms with E-state index < -0.39 is 33.8 Å². The summed E-state index contributed by atoms with van der Waals surface area (Å²) in [5.41, 5.74) is -1.85. The molecule has 0 radical (unpaired) electrons. The quantitative estimate of drug-likeness (QED) is 0.666. The van der Waals surface area contributed by atoms with Gasteiger partial charge in [-0.15, -0.1) is 0 Å². The number of anilines is 2. The second kappa shape index (κ2) is 5.53. The van der Waals surface area contributed by atoms with Gasteiger partial charge in [0.15, 0.2) is 0 Å². The number of benzene rings is 2. The van der Waals surface area contributed by atoms with Crippen molar-refractivity contribution in [3.05, 3.63) is 63.7 Å². The van der Waals surface area contributed by atoms with Gasteiger partial charge in [0.05, 0.1) is 22.2 Å². The van der Waals surface area contributed by atoms with Crippen molar-refractivity contribution in [2.24, 2.45) is 0 Å². The molecule has 0 aliphatic carbocycles. The highest BCUT2D eigenvalue weighted by molar-refractivity contribution is 5.91. The molecule has 0 bridgehead atoms. The third-order valence-electron chi connectivity index (χ3n) is 2.66. The molecule has 6 nitrogen and oxygen atoms in total. The van der Waals surface area contributed by atoms with Gasteiger partial charge in [0.1, 0.15) is 17.3 Å². The van der Waals surface area contributed by atoms with Gasteiger partial charge in [0, 0.05) is 0 Å². The third kappa shape index (κ3) is 2.94. The molecule has 2 aromatic rings. The predicted octanol–water partition coefficient (Wildman–Crippen LogP) is 3.31. The highest BCUT2D eigenvalue weighted by Crippen LogP contribution is 2.31. The van der Waals surface area contributed by atoms with Crippen LogP contribution in [0, 0.1) is 21.7 Å². The largest absolute Gasteiger partial charge is 0.478 e. The molecule has 21 heavy (non-hydrogen) atoms. The fourth-order valence-electron chi connectivity index (χ4n) is 1.69. The van der Waals surface area contributed by atoms with E-state index in [1.807, 2.05) is 0 Å². The Morgan fingerprint density at radius 3 is 2.38 bits per heavy atom. The van der Waals surface area contributed by atoms with Crippen molar-refractivity contribution in [1.29, 1.82) is 0 Å². The Balaban J connectivity index is 2.55. The Morgan fingerprint density at radius 2 is 1.81 bits per heavy atom. The average molecular weight is 294 g/mol. The van der Waals surface area contributed by atoms with Crippen molar-refractivity contribution < 1.29 is 23.6 Å². The Labute approximate surface area is 116 Å². The summed E-state index contributed by atoms with van der Waals surface area (Å²) in [6.07, 6.45) is 0. The maximum atomic E-state index is 13.5. The lowest BCUT2D eigenvalue weighted by Crippen LogP contribution is -2.05. The van der Waals surface area contributed by atoms with Crippen LogP contribution < -0.4 is 5.32 Å². The molecule has 2 N–H and O–H groups in total. The van der Waals surface area contributed by atoms with E-state index in [2.05, 4.69) is 5.32 Å². The number of carboxylic acid groups (broad SMARTS) is 1. The first-order valence-corrected chi connectivity index (χ1v) is 5.63. The van der Waals surface area contributed by atoms with Crippen molar-refractivity contribution in [3.63, 3.8) is 0 Å². The topological polar surface area (TPSA) is 92.5 Å². The number of nitro groups is 1. The molecule has 0 saturated heterocycles. The molecule has 0 aromatic heterocycles. The summed E-state index contributed by atoms with van der Waals surface area (Å²) < 4.78 is 27.0. The number of aromatic carboxylic acids is 1. The minimum absolute atomic E-state index is 0.0939. The van der Waals surface area contributed by atoms with Gasteiger partial charge in [-0.05, 0) is 18.2 Å². The monoisotopic (exact) mass is 294 g/mol. The molecule has 0 amide bonds. The van der Waals surface area contributed by atoms with Crippen LogP contribution in [0.1, 0.15) is 10.4 Å². The number of nitrogens with zero attached hydrogens (tertiary/aromatic N) is 1. The van der Waals surface area contributed by atoms with Crippen LogP contribution in [0.3, 0.4) is 0 Å². The van der Waals surface area contributed by atoms with Crippen molar-refractivity contribution in [3.8, 4) is 0 Å². The highest BCUT2D eigenvalue weighted by Gasteiger charge is 2.22. The number of carbonyl (C=O) groups is 1. The van der Waals surface area contributed by atoms with Crippen LogP contribution in [-0.4, -0.2) is 16.0 Å². The lowest BCUT2D eigenvalue weighted by molar-refractivity contribution is -0.384. The van der Waals surface area contributed by atoms with Crippen LogP contribution in [-0.2, 0) is 0 Å². The van der Waals surface area contributed by atoms with E-state index in [-0.39, 0.29) is 11.4 Å². The Hall–Kier alpha value is -3.03. The summed E-state index contributed by atoms with van der Waals surface area (Å²) >= 11 is 0. The van der Waals surface area contributed by atoms with Gasteiger partial charge in [-0.1, -0.05) is 12.1 Å². The fraction of sp³-hybridized carbons (Fsp3) is 0. The van der Waals surface area contributed by atoms with Gasteiger partial charge in [0.2, 0.25) is 0 Å². The Bertz CT molecular complexity index is 734. The van der Waals surface area contributed by atoms with E-state index >= 15 is 0 Å². The number of hydrogen-bond acceptors (Lipinski definition) is 4. The molecule has 0 atom stereocenters. The number of carboxylic acids is 1. The van der Waals surface area contributed by atoms with E-state index in [1.54, 1.807) is 0 Å². The van der Waals surface area contributed by atoms with E-state index in [4.69, 9.17) is 5.11 Å². The zero-order valence-corrected chi connectivity index (χ0v) is 10.3. The predicted molar refractivity (Wildman–Crippen MR) is 69.7 cm³/mol. The standard InChI is InChI=1S/C13H8F2N2O4/c14-8-3-1-2-4-10(8)16-11-5-7(13(18)19)9(15)6-12(11)17(20)21/h1-6,16H,(H,18,19). The van der Waals surface area contributed by atoms with Gasteiger partial charge < -0.3 is 10.4 Å². The van der Waals surface area contributed by atoms with Crippen LogP contribution in [0.15, 0.2) is 36.4 Å². The number of halogens is 2. The summed E-state index contributed by atoms with van der Waals surface area (Å²) in [7, 11) is 0. The number of hydrogen-bond donors (Lipinski definition) is 2. The van der Waals surface area contributed by atoms with E-state index in [0.717, 1.165) is 12.1 Å². The first-order chi connectivity index (χ1) is 9.90. The van der Waals surface area contributed by atoms with Gasteiger partial charge in [0.25, 0.3) is 5.69 Å². The molecule has 0 aliphatic heterocycles. The molecule has 0 fully saturated rings. The minimum atomic E-state index is -1.58. The fourth-order valence-corrected chi connectivity index (χ4v) is 1.69. The Kier molecular flexibility index (Phi) is 3.79. The first-order valence-electron chi connectivity index (χ1n) is 5.63. The minimum Gasteiger partial charge on any atom is -0.478 e. The van der Waals surface area contributed by atoms with Crippen molar-refractivity contribution >= 4 is 23.0 Å². The average Bonchev–Trinajstić information content (AvgIpc) is 2.42. The molecule has 108 valence electrons. The number of nitrogens with one attached hydrogen (secondary N) is 1. The summed E-state index contributed by atoms with van der Waals surface area (Å²) in [6, 6.07) is 6.56. The third-order valence-corrected chi connectivity index (χ3v) is 2.66. The maximum Gasteiger partial charge on any atom is 0.338 e. The van der Waals surface area contributed by atoms with Crippen LogP contribution in [0.5, 0.6) is 0 Å². The van der Waals surface area contributed by atoms with Crippen LogP contribution >= 0.6 is 0 Å². The Morgan fingerprint density at radius 1 is 1.14 bits per heavy atom. The zero-order valence-electron chi connectivity index (χ0n) is 10.3. The molecule has 2 aromatic carbocycles. The zero-order chi connectivity index (χ0) is 15.6. The smallest absolute Gasteiger partial charge is 0.338 e. The molecule has 8 heteroatoms. The van der Waals surface area contributed by atoms with Crippen LogP contribution in [0.25, 0.3) is 0 Å². The summed E-state index contributed by atoms with van der Waals surface area (Å²) in [4.78, 5) is 20.9. The van der Waals surface area contributed by atoms with Gasteiger partial charge >= 0.3 is 5.97 Å². The first kappa shape index (κ1) is 14.4. The second-order valence-corrected chi connectivity index (χ2v) is 4.02. The normalized spacial score (nSPS) is 10.2. The van der Waals surface area contributed by atoms with E-state index in [0.29, 0.717) is 6.07 Å². The SMILES string of the molecule is O=C(O)c1cc(Nc2ccccc2F)c([N+](=O)[O-])cc1F. The summed E-state index contributed by atoms with van der Waals surface area (Å²) in [5, 5.41) is 22.1. The highest BCUT2D eigenvalue weighted by atomic mass is 19.1. The van der Waals surface area contributed by atoms with Gasteiger partial charge in [-0.25, -0.2) is 13.6 Å². The van der Waals surface area contributed by atoms with Gasteiger partial charge in [-0.2, -0.15) is 0 Å². The van der Waals surface area contributed by atoms with Crippen molar-refractivity contribution in [1.82, 2.24) is 0 Å². The summed E-state index contributed by atoms with van der Waals surface area (Å²) in [5.74, 6) is -3.51. The summed E-state index contributed by atoms with van der Waals surface area (Å²) in [6.45, 7) is 0. The van der Waals surface area contributed by atoms with Crippen LogP contribution in [0.2, 0.25) is 0 Å². The van der Waals surface area contributed by atoms with Gasteiger partial charge in [-0.3, -0.25) is 10.1 Å². The molecule has 0 heterocycles. The molecule has 0 spiro atoms. The molecule has 0 unspecified atom stereocenters.